The number of carbonyl (C=O) groups excluding carboxylic acids is 1. The van der Waals surface area contributed by atoms with Gasteiger partial charge >= 0.3 is 0 Å². The maximum Gasteiger partial charge on any atom is 0.231 e. The second kappa shape index (κ2) is 4.59. The molecule has 1 aliphatic rings. The third kappa shape index (κ3) is 2.76. The number of nitrogens with one attached hydrogen (secondary N) is 1. The number of hydrogen-bond donors (Lipinski definition) is 1. The first kappa shape index (κ1) is 11.0. The summed E-state index contributed by atoms with van der Waals surface area (Å²) in [5.41, 5.74) is 0. The number of carbonyl (C=O) groups is 1. The van der Waals surface area contributed by atoms with Crippen molar-refractivity contribution in [3.05, 3.63) is 9.98 Å². The van der Waals surface area contributed by atoms with Gasteiger partial charge in [0.05, 0.1) is 28.6 Å². The molecule has 1 aromatic heterocycles. The van der Waals surface area contributed by atoms with Gasteiger partial charge in [-0.25, -0.2) is 4.98 Å². The first-order valence-electron chi connectivity index (χ1n) is 4.69. The van der Waals surface area contributed by atoms with E-state index in [4.69, 9.17) is 4.74 Å². The van der Waals surface area contributed by atoms with E-state index in [2.05, 4.69) is 26.2 Å². The molecule has 15 heavy (non-hydrogen) atoms. The molecule has 0 bridgehead atoms. The van der Waals surface area contributed by atoms with Gasteiger partial charge in [0.25, 0.3) is 0 Å². The molecule has 1 saturated heterocycles. The number of halogens is 1. The van der Waals surface area contributed by atoms with Gasteiger partial charge in [-0.1, -0.05) is 11.3 Å². The second-order valence-corrected chi connectivity index (χ2v) is 5.95. The van der Waals surface area contributed by atoms with Gasteiger partial charge in [-0.15, -0.1) is 0 Å². The minimum Gasteiger partial charge on any atom is -0.378 e. The lowest BCUT2D eigenvalue weighted by atomic mass is 10.1. The molecule has 2 heterocycles. The normalized spacial score (nSPS) is 25.5. The molecule has 1 N–H and O–H groups in total. The highest BCUT2D eigenvalue weighted by Crippen LogP contribution is 2.25. The first-order chi connectivity index (χ1) is 7.15. The Bertz CT molecular complexity index is 369. The SMILES string of the molecule is CC1CC(C(=O)Nc2ncc(Br)s2)CO1. The Morgan fingerprint density at radius 2 is 2.60 bits per heavy atom. The zero-order chi connectivity index (χ0) is 10.8. The Kier molecular flexibility index (Phi) is 3.38. The number of hydrogen-bond acceptors (Lipinski definition) is 4. The van der Waals surface area contributed by atoms with Gasteiger partial charge in [-0.3, -0.25) is 4.79 Å². The largest absolute Gasteiger partial charge is 0.378 e. The molecule has 1 aliphatic heterocycles. The molecule has 2 rings (SSSR count). The van der Waals surface area contributed by atoms with Crippen LogP contribution in [0.2, 0.25) is 0 Å². The van der Waals surface area contributed by atoms with Crippen LogP contribution in [-0.2, 0) is 9.53 Å². The molecule has 0 radical (unpaired) electrons. The number of nitrogens with zero attached hydrogens (tertiary/aromatic N) is 1. The Balaban J connectivity index is 1.92. The summed E-state index contributed by atoms with van der Waals surface area (Å²) < 4.78 is 6.25. The van der Waals surface area contributed by atoms with Gasteiger partial charge in [-0.2, -0.15) is 0 Å². The molecule has 0 aliphatic carbocycles. The Morgan fingerprint density at radius 1 is 1.80 bits per heavy atom. The topological polar surface area (TPSA) is 51.2 Å². The van der Waals surface area contributed by atoms with Gasteiger partial charge in [0.2, 0.25) is 5.91 Å². The Labute approximate surface area is 100 Å². The van der Waals surface area contributed by atoms with Crippen LogP contribution in [0.5, 0.6) is 0 Å². The average molecular weight is 291 g/mol. The quantitative estimate of drug-likeness (QED) is 0.909. The van der Waals surface area contributed by atoms with Gasteiger partial charge in [-0.05, 0) is 29.3 Å². The van der Waals surface area contributed by atoms with Crippen LogP contribution in [0.4, 0.5) is 5.13 Å². The van der Waals surface area contributed by atoms with Gasteiger partial charge in [0.1, 0.15) is 0 Å². The van der Waals surface area contributed by atoms with E-state index in [-0.39, 0.29) is 17.9 Å². The summed E-state index contributed by atoms with van der Waals surface area (Å²) >= 11 is 4.70. The summed E-state index contributed by atoms with van der Waals surface area (Å²) in [6, 6.07) is 0. The molecule has 82 valence electrons. The van der Waals surface area contributed by atoms with Crippen molar-refractivity contribution in [2.24, 2.45) is 5.92 Å². The summed E-state index contributed by atoms with van der Waals surface area (Å²) in [6.07, 6.45) is 2.65. The van der Waals surface area contributed by atoms with Crippen molar-refractivity contribution in [2.75, 3.05) is 11.9 Å². The summed E-state index contributed by atoms with van der Waals surface area (Å²) in [6.45, 7) is 2.49. The molecule has 0 saturated carbocycles. The van der Waals surface area contributed by atoms with E-state index in [1.165, 1.54) is 11.3 Å². The number of amides is 1. The molecule has 2 unspecified atom stereocenters. The molecule has 1 amide bonds. The summed E-state index contributed by atoms with van der Waals surface area (Å²) in [4.78, 5) is 15.8. The van der Waals surface area contributed by atoms with Crippen molar-refractivity contribution < 1.29 is 9.53 Å². The molecule has 6 heteroatoms. The van der Waals surface area contributed by atoms with Crippen molar-refractivity contribution in [3.8, 4) is 0 Å². The fourth-order valence-corrected chi connectivity index (χ4v) is 2.63. The molecule has 1 fully saturated rings. The average Bonchev–Trinajstić information content (AvgIpc) is 2.75. The van der Waals surface area contributed by atoms with Crippen LogP contribution in [0.3, 0.4) is 0 Å². The lowest BCUT2D eigenvalue weighted by molar-refractivity contribution is -0.119. The van der Waals surface area contributed by atoms with Crippen LogP contribution in [0.25, 0.3) is 0 Å². The van der Waals surface area contributed by atoms with Gasteiger partial charge in [0.15, 0.2) is 5.13 Å². The third-order valence-corrected chi connectivity index (χ3v) is 3.67. The van der Waals surface area contributed by atoms with Crippen LogP contribution < -0.4 is 5.32 Å². The molecule has 2 atom stereocenters. The molecule has 1 aromatic rings. The van der Waals surface area contributed by atoms with Crippen molar-refractivity contribution in [3.63, 3.8) is 0 Å². The van der Waals surface area contributed by atoms with Crippen LogP contribution in [0, 0.1) is 5.92 Å². The van der Waals surface area contributed by atoms with E-state index in [9.17, 15) is 4.79 Å². The van der Waals surface area contributed by atoms with E-state index < -0.39 is 0 Å². The second-order valence-electron chi connectivity index (χ2n) is 3.54. The fourth-order valence-electron chi connectivity index (χ4n) is 1.52. The highest BCUT2D eigenvalue weighted by Gasteiger charge is 2.28. The number of rotatable bonds is 2. The predicted octanol–water partition coefficient (Wildman–Crippen LogP) is 2.27. The number of ether oxygens (including phenoxy) is 1. The van der Waals surface area contributed by atoms with Gasteiger partial charge in [0, 0.05) is 0 Å². The third-order valence-electron chi connectivity index (χ3n) is 2.28. The standard InChI is InChI=1S/C9H11BrN2O2S/c1-5-2-6(4-14-5)8(13)12-9-11-3-7(10)15-9/h3,5-6H,2,4H2,1H3,(H,11,12,13). The lowest BCUT2D eigenvalue weighted by Gasteiger charge is -2.06. The Morgan fingerprint density at radius 3 is 3.13 bits per heavy atom. The molecular weight excluding hydrogens is 280 g/mol. The number of anilines is 1. The maximum absolute atomic E-state index is 11.7. The van der Waals surface area contributed by atoms with E-state index in [1.807, 2.05) is 6.92 Å². The highest BCUT2D eigenvalue weighted by molar-refractivity contribution is 9.11. The van der Waals surface area contributed by atoms with Crippen molar-refractivity contribution in [1.29, 1.82) is 0 Å². The minimum atomic E-state index is -0.0392. The van der Waals surface area contributed by atoms with Crippen molar-refractivity contribution >= 4 is 38.3 Å². The Hall–Kier alpha value is -0.460. The molecule has 0 aromatic carbocycles. The smallest absolute Gasteiger partial charge is 0.231 e. The van der Waals surface area contributed by atoms with Crippen molar-refractivity contribution in [1.82, 2.24) is 4.98 Å². The number of thiazole rings is 1. The van der Waals surface area contributed by atoms with Crippen LogP contribution in [-0.4, -0.2) is 23.6 Å². The summed E-state index contributed by atoms with van der Waals surface area (Å²) in [7, 11) is 0. The minimum absolute atomic E-state index is 0.00111. The predicted molar refractivity (Wildman–Crippen MR) is 62.0 cm³/mol. The van der Waals surface area contributed by atoms with Crippen LogP contribution in [0.15, 0.2) is 9.98 Å². The zero-order valence-corrected chi connectivity index (χ0v) is 10.6. The van der Waals surface area contributed by atoms with E-state index in [1.54, 1.807) is 6.20 Å². The highest BCUT2D eigenvalue weighted by atomic mass is 79.9. The monoisotopic (exact) mass is 290 g/mol. The summed E-state index contributed by atoms with van der Waals surface area (Å²) in [5, 5.41) is 3.41. The lowest BCUT2D eigenvalue weighted by Crippen LogP contribution is -2.22. The van der Waals surface area contributed by atoms with E-state index >= 15 is 0 Å². The molecule has 0 spiro atoms. The van der Waals surface area contributed by atoms with Crippen LogP contribution >= 0.6 is 27.3 Å². The van der Waals surface area contributed by atoms with Gasteiger partial charge < -0.3 is 10.1 Å². The molecule has 4 nitrogen and oxygen atoms in total. The van der Waals surface area contributed by atoms with E-state index in [0.29, 0.717) is 11.7 Å². The van der Waals surface area contributed by atoms with Crippen molar-refractivity contribution in [2.45, 2.75) is 19.4 Å². The van der Waals surface area contributed by atoms with Crippen LogP contribution in [0.1, 0.15) is 13.3 Å². The molecular formula is C9H11BrN2O2S. The fraction of sp³-hybridized carbons (Fsp3) is 0.556. The number of aromatic nitrogens is 1. The zero-order valence-electron chi connectivity index (χ0n) is 8.20. The van der Waals surface area contributed by atoms with E-state index in [0.717, 1.165) is 10.2 Å². The first-order valence-corrected chi connectivity index (χ1v) is 6.30. The summed E-state index contributed by atoms with van der Waals surface area (Å²) in [5.74, 6) is -0.0381. The maximum atomic E-state index is 11.7.